The highest BCUT2D eigenvalue weighted by molar-refractivity contribution is 7.91. The third-order valence-electron chi connectivity index (χ3n) is 3.45. The lowest BCUT2D eigenvalue weighted by Crippen LogP contribution is -2.09. The number of rotatable bonds is 7. The van der Waals surface area contributed by atoms with Crippen LogP contribution in [-0.4, -0.2) is 26.7 Å². The Morgan fingerprint density at radius 3 is 2.26 bits per heavy atom. The molecule has 0 N–H and O–H groups in total. The predicted octanol–water partition coefficient (Wildman–Crippen LogP) is 3.27. The van der Waals surface area contributed by atoms with E-state index < -0.39 is 15.8 Å². The van der Waals surface area contributed by atoms with Gasteiger partial charge in [-0.15, -0.1) is 0 Å². The number of carbonyl (C=O) groups excluding carboxylic acids is 1. The molecule has 0 aliphatic heterocycles. The smallest absolute Gasteiger partial charge is 0.338 e. The molecule has 0 heterocycles. The summed E-state index contributed by atoms with van der Waals surface area (Å²) >= 11 is 0. The second-order valence-electron chi connectivity index (χ2n) is 5.15. The summed E-state index contributed by atoms with van der Waals surface area (Å²) in [6.07, 6.45) is 1.28. The zero-order valence-electron chi connectivity index (χ0n) is 13.1. The molecule has 2 rings (SSSR count). The fourth-order valence-corrected chi connectivity index (χ4v) is 3.55. The number of benzene rings is 2. The minimum atomic E-state index is -3.34. The van der Waals surface area contributed by atoms with Gasteiger partial charge in [0.05, 0.1) is 22.8 Å². The van der Waals surface area contributed by atoms with Crippen molar-refractivity contribution in [3.05, 3.63) is 65.7 Å². The van der Waals surface area contributed by atoms with E-state index in [1.165, 1.54) is 24.3 Å². The molecule has 0 aliphatic carbocycles. The van der Waals surface area contributed by atoms with E-state index in [0.717, 1.165) is 12.0 Å². The van der Waals surface area contributed by atoms with E-state index in [1.54, 1.807) is 6.92 Å². The molecule has 23 heavy (non-hydrogen) atoms. The summed E-state index contributed by atoms with van der Waals surface area (Å²) in [5.41, 5.74) is 1.48. The zero-order valence-corrected chi connectivity index (χ0v) is 13.9. The molecule has 2 aromatic carbocycles. The maximum absolute atomic E-state index is 12.3. The molecule has 122 valence electrons. The lowest BCUT2D eigenvalue weighted by Gasteiger charge is -2.06. The molecule has 5 heteroatoms. The van der Waals surface area contributed by atoms with Gasteiger partial charge in [-0.2, -0.15) is 0 Å². The Morgan fingerprint density at radius 2 is 1.65 bits per heavy atom. The lowest BCUT2D eigenvalue weighted by atomic mass is 10.1. The quantitative estimate of drug-likeness (QED) is 0.730. The molecule has 0 radical (unpaired) electrons. The van der Waals surface area contributed by atoms with Gasteiger partial charge >= 0.3 is 5.97 Å². The Labute approximate surface area is 137 Å². The van der Waals surface area contributed by atoms with Crippen molar-refractivity contribution < 1.29 is 17.9 Å². The van der Waals surface area contributed by atoms with Crippen LogP contribution in [0.25, 0.3) is 0 Å². The van der Waals surface area contributed by atoms with E-state index in [0.29, 0.717) is 18.6 Å². The highest BCUT2D eigenvalue weighted by atomic mass is 32.2. The monoisotopic (exact) mass is 332 g/mol. The van der Waals surface area contributed by atoms with Crippen LogP contribution in [-0.2, 0) is 21.0 Å². The minimum absolute atomic E-state index is 0.0840. The van der Waals surface area contributed by atoms with Crippen LogP contribution in [0, 0.1) is 0 Å². The van der Waals surface area contributed by atoms with Gasteiger partial charge in [-0.1, -0.05) is 30.3 Å². The molecule has 4 nitrogen and oxygen atoms in total. The van der Waals surface area contributed by atoms with Crippen LogP contribution < -0.4 is 0 Å². The molecule has 0 aromatic heterocycles. The maximum Gasteiger partial charge on any atom is 0.338 e. The van der Waals surface area contributed by atoms with Crippen molar-refractivity contribution in [1.29, 1.82) is 0 Å². The number of sulfone groups is 1. The van der Waals surface area contributed by atoms with Crippen molar-refractivity contribution >= 4 is 15.8 Å². The van der Waals surface area contributed by atoms with Crippen molar-refractivity contribution in [3.63, 3.8) is 0 Å². The highest BCUT2D eigenvalue weighted by Crippen LogP contribution is 2.15. The van der Waals surface area contributed by atoms with Gasteiger partial charge in [0.2, 0.25) is 0 Å². The molecule has 0 saturated carbocycles. The first kappa shape index (κ1) is 17.2. The zero-order chi connectivity index (χ0) is 16.7. The Balaban J connectivity index is 1.97. The lowest BCUT2D eigenvalue weighted by molar-refractivity contribution is 0.0526. The number of hydrogen-bond acceptors (Lipinski definition) is 4. The van der Waals surface area contributed by atoms with Crippen LogP contribution in [0.5, 0.6) is 0 Å². The van der Waals surface area contributed by atoms with Crippen LogP contribution in [0.4, 0.5) is 0 Å². The fourth-order valence-electron chi connectivity index (χ4n) is 2.24. The summed E-state index contributed by atoms with van der Waals surface area (Å²) in [4.78, 5) is 11.8. The molecule has 0 atom stereocenters. The van der Waals surface area contributed by atoms with Gasteiger partial charge < -0.3 is 4.74 Å². The number of hydrogen-bond donors (Lipinski definition) is 0. The molecule has 2 aromatic rings. The summed E-state index contributed by atoms with van der Waals surface area (Å²) < 4.78 is 29.5. The molecule has 0 amide bonds. The molecule has 0 fully saturated rings. The molecular weight excluding hydrogens is 312 g/mol. The van der Waals surface area contributed by atoms with E-state index >= 15 is 0 Å². The fraction of sp³-hybridized carbons (Fsp3) is 0.278. The number of ether oxygens (including phenoxy) is 1. The Kier molecular flexibility index (Phi) is 5.93. The number of aryl methyl sites for hydroxylation is 1. The number of carbonyl (C=O) groups is 1. The predicted molar refractivity (Wildman–Crippen MR) is 89.2 cm³/mol. The molecule has 0 unspecified atom stereocenters. The van der Waals surface area contributed by atoms with Crippen LogP contribution >= 0.6 is 0 Å². The summed E-state index contributed by atoms with van der Waals surface area (Å²) in [5.74, 6) is -0.360. The van der Waals surface area contributed by atoms with Gasteiger partial charge in [0.15, 0.2) is 9.84 Å². The average molecular weight is 332 g/mol. The maximum atomic E-state index is 12.3. The van der Waals surface area contributed by atoms with Crippen molar-refractivity contribution in [2.45, 2.75) is 24.7 Å². The minimum Gasteiger partial charge on any atom is -0.462 e. The number of esters is 1. The van der Waals surface area contributed by atoms with Crippen molar-refractivity contribution in [1.82, 2.24) is 0 Å². The summed E-state index contributed by atoms with van der Waals surface area (Å²) in [6.45, 7) is 2.02. The van der Waals surface area contributed by atoms with Crippen LogP contribution in [0.3, 0.4) is 0 Å². The van der Waals surface area contributed by atoms with E-state index in [2.05, 4.69) is 0 Å². The first-order valence-corrected chi connectivity index (χ1v) is 9.22. The van der Waals surface area contributed by atoms with Gasteiger partial charge in [0.25, 0.3) is 0 Å². The molecule has 0 aliphatic rings. The average Bonchev–Trinajstić information content (AvgIpc) is 2.56. The van der Waals surface area contributed by atoms with Crippen LogP contribution in [0.15, 0.2) is 59.5 Å². The van der Waals surface area contributed by atoms with Gasteiger partial charge in [-0.3, -0.25) is 0 Å². The van der Waals surface area contributed by atoms with E-state index in [9.17, 15) is 13.2 Å². The molecule has 0 bridgehead atoms. The highest BCUT2D eigenvalue weighted by Gasteiger charge is 2.15. The largest absolute Gasteiger partial charge is 0.462 e. The standard InChI is InChI=1S/C18H20O4S/c1-2-22-18(19)16-10-12-17(13-11-16)23(20,21)14-6-9-15-7-4-3-5-8-15/h3-5,7-8,10-13H,2,6,9,14H2,1H3. The van der Waals surface area contributed by atoms with Gasteiger partial charge in [-0.05, 0) is 49.6 Å². The summed E-state index contributed by atoms with van der Waals surface area (Å²) in [5, 5.41) is 0. The van der Waals surface area contributed by atoms with E-state index in [1.807, 2.05) is 30.3 Å². The topological polar surface area (TPSA) is 60.4 Å². The molecule has 0 saturated heterocycles. The van der Waals surface area contributed by atoms with Gasteiger partial charge in [0, 0.05) is 0 Å². The second kappa shape index (κ2) is 7.92. The third kappa shape index (κ3) is 4.93. The third-order valence-corrected chi connectivity index (χ3v) is 5.26. The van der Waals surface area contributed by atoms with Crippen molar-refractivity contribution in [3.8, 4) is 0 Å². The molecular formula is C18H20O4S. The van der Waals surface area contributed by atoms with Crippen LogP contribution in [0.1, 0.15) is 29.3 Å². The van der Waals surface area contributed by atoms with Crippen molar-refractivity contribution in [2.24, 2.45) is 0 Å². The normalized spacial score (nSPS) is 11.2. The molecule has 0 spiro atoms. The SMILES string of the molecule is CCOC(=O)c1ccc(S(=O)(=O)CCCc2ccccc2)cc1. The Hall–Kier alpha value is -2.14. The van der Waals surface area contributed by atoms with Crippen LogP contribution in [0.2, 0.25) is 0 Å². The summed E-state index contributed by atoms with van der Waals surface area (Å²) in [6, 6.07) is 15.7. The second-order valence-corrected chi connectivity index (χ2v) is 7.26. The van der Waals surface area contributed by atoms with Gasteiger partial charge in [-0.25, -0.2) is 13.2 Å². The Bertz CT molecular complexity index is 734. The van der Waals surface area contributed by atoms with E-state index in [4.69, 9.17) is 4.74 Å². The van der Waals surface area contributed by atoms with E-state index in [-0.39, 0.29) is 10.6 Å². The van der Waals surface area contributed by atoms with Gasteiger partial charge in [0.1, 0.15) is 0 Å². The summed E-state index contributed by atoms with van der Waals surface area (Å²) in [7, 11) is -3.34. The Morgan fingerprint density at radius 1 is 1.00 bits per heavy atom. The van der Waals surface area contributed by atoms with Crippen molar-refractivity contribution in [2.75, 3.05) is 12.4 Å². The first-order valence-electron chi connectivity index (χ1n) is 7.57. The first-order chi connectivity index (χ1) is 11.0.